The number of hydrogen-bond acceptors (Lipinski definition) is 3. The van der Waals surface area contributed by atoms with E-state index in [1.54, 1.807) is 6.92 Å². The number of piperidine rings is 1. The first-order chi connectivity index (χ1) is 9.15. The summed E-state index contributed by atoms with van der Waals surface area (Å²) in [5.41, 5.74) is 0. The van der Waals surface area contributed by atoms with E-state index < -0.39 is 0 Å². The van der Waals surface area contributed by atoms with Crippen molar-refractivity contribution in [2.24, 2.45) is 11.8 Å². The fraction of sp³-hybridized carbons (Fsp3) is 0.857. The van der Waals surface area contributed by atoms with Crippen LogP contribution in [0.3, 0.4) is 0 Å². The Kier molecular flexibility index (Phi) is 3.48. The van der Waals surface area contributed by atoms with Gasteiger partial charge in [-0.25, -0.2) is 0 Å². The van der Waals surface area contributed by atoms with E-state index in [2.05, 4.69) is 5.32 Å². The topological polar surface area (TPSA) is 58.6 Å². The van der Waals surface area contributed by atoms with Crippen LogP contribution in [-0.4, -0.2) is 48.6 Å². The second-order valence-corrected chi connectivity index (χ2v) is 6.06. The molecule has 0 unspecified atom stereocenters. The summed E-state index contributed by atoms with van der Waals surface area (Å²) >= 11 is 0. The van der Waals surface area contributed by atoms with Gasteiger partial charge in [-0.15, -0.1) is 0 Å². The van der Waals surface area contributed by atoms with Crippen LogP contribution in [0.15, 0.2) is 0 Å². The number of ether oxygens (including phenoxy) is 1. The highest BCUT2D eigenvalue weighted by atomic mass is 16.5. The highest BCUT2D eigenvalue weighted by molar-refractivity contribution is 5.81. The molecule has 3 atom stereocenters. The number of hydrogen-bond donors (Lipinski definition) is 1. The maximum atomic E-state index is 12.2. The maximum Gasteiger partial charge on any atom is 0.225 e. The van der Waals surface area contributed by atoms with Gasteiger partial charge in [0.2, 0.25) is 11.8 Å². The first kappa shape index (κ1) is 12.9. The van der Waals surface area contributed by atoms with Crippen LogP contribution in [-0.2, 0) is 14.3 Å². The molecule has 2 heterocycles. The first-order valence-corrected chi connectivity index (χ1v) is 7.31. The third-order valence-electron chi connectivity index (χ3n) is 4.55. The van der Waals surface area contributed by atoms with Gasteiger partial charge < -0.3 is 15.0 Å². The summed E-state index contributed by atoms with van der Waals surface area (Å²) in [7, 11) is 0. The molecule has 1 N–H and O–H groups in total. The van der Waals surface area contributed by atoms with Crippen LogP contribution in [0.4, 0.5) is 0 Å². The van der Waals surface area contributed by atoms with Gasteiger partial charge in [-0.05, 0) is 31.6 Å². The Bertz CT molecular complexity index is 381. The molecule has 5 nitrogen and oxygen atoms in total. The second-order valence-electron chi connectivity index (χ2n) is 6.06. The van der Waals surface area contributed by atoms with Gasteiger partial charge in [0, 0.05) is 26.6 Å². The lowest BCUT2D eigenvalue weighted by atomic mass is 9.89. The molecule has 3 aliphatic rings. The van der Waals surface area contributed by atoms with E-state index in [-0.39, 0.29) is 29.9 Å². The molecule has 19 heavy (non-hydrogen) atoms. The molecule has 106 valence electrons. The Hall–Kier alpha value is -1.10. The largest absolute Gasteiger partial charge is 0.376 e. The highest BCUT2D eigenvalue weighted by Gasteiger charge is 2.43. The van der Waals surface area contributed by atoms with Crippen molar-refractivity contribution in [1.29, 1.82) is 0 Å². The average Bonchev–Trinajstić information content (AvgIpc) is 3.10. The normalized spacial score (nSPS) is 33.9. The van der Waals surface area contributed by atoms with Crippen molar-refractivity contribution in [2.75, 3.05) is 19.7 Å². The highest BCUT2D eigenvalue weighted by Crippen LogP contribution is 2.32. The third-order valence-corrected chi connectivity index (χ3v) is 4.55. The molecule has 2 amide bonds. The molecule has 0 aromatic rings. The average molecular weight is 266 g/mol. The zero-order chi connectivity index (χ0) is 13.4. The lowest BCUT2D eigenvalue weighted by molar-refractivity contribution is -0.140. The Labute approximate surface area is 113 Å². The fourth-order valence-electron chi connectivity index (χ4n) is 3.21. The Morgan fingerprint density at radius 2 is 2.11 bits per heavy atom. The Balaban J connectivity index is 1.61. The monoisotopic (exact) mass is 266 g/mol. The summed E-state index contributed by atoms with van der Waals surface area (Å²) in [6.45, 7) is 3.64. The van der Waals surface area contributed by atoms with Crippen LogP contribution in [0.1, 0.15) is 32.6 Å². The number of carbonyl (C=O) groups is 2. The van der Waals surface area contributed by atoms with Gasteiger partial charge in [0.1, 0.15) is 0 Å². The van der Waals surface area contributed by atoms with Crippen LogP contribution in [0.5, 0.6) is 0 Å². The number of amides is 2. The van der Waals surface area contributed by atoms with Gasteiger partial charge in [-0.2, -0.15) is 0 Å². The molecule has 1 aliphatic carbocycles. The molecule has 3 fully saturated rings. The smallest absolute Gasteiger partial charge is 0.225 e. The quantitative estimate of drug-likeness (QED) is 0.811. The summed E-state index contributed by atoms with van der Waals surface area (Å²) in [5.74, 6) is 0.723. The van der Waals surface area contributed by atoms with Gasteiger partial charge in [0.25, 0.3) is 0 Å². The lowest BCUT2D eigenvalue weighted by Gasteiger charge is -2.39. The minimum Gasteiger partial charge on any atom is -0.376 e. The van der Waals surface area contributed by atoms with Gasteiger partial charge in [-0.3, -0.25) is 9.59 Å². The van der Waals surface area contributed by atoms with Crippen LogP contribution >= 0.6 is 0 Å². The number of rotatable bonds is 3. The molecule has 0 radical (unpaired) electrons. The number of fused-ring (bicyclic) bond motifs is 1. The minimum absolute atomic E-state index is 0.0503. The zero-order valence-electron chi connectivity index (χ0n) is 11.4. The third kappa shape index (κ3) is 2.76. The minimum atomic E-state index is -0.109. The predicted octanol–water partition coefficient (Wildman–Crippen LogP) is 0.539. The van der Waals surface area contributed by atoms with E-state index in [1.807, 2.05) is 4.90 Å². The molecule has 0 aromatic carbocycles. The van der Waals surface area contributed by atoms with Crippen molar-refractivity contribution < 1.29 is 14.3 Å². The Morgan fingerprint density at radius 3 is 2.79 bits per heavy atom. The van der Waals surface area contributed by atoms with Crippen LogP contribution < -0.4 is 5.32 Å². The molecule has 1 saturated carbocycles. The molecule has 2 saturated heterocycles. The standard InChI is InChI=1S/C14H22N2O3/c1-9(17)16-8-11(6-13-12(16)4-5-19-13)14(18)15-7-10-2-3-10/h10-13H,2-8H2,1H3,(H,15,18)/t11-,12+,13+/m0/s1. The summed E-state index contributed by atoms with van der Waals surface area (Å²) in [6.07, 6.45) is 4.18. The van der Waals surface area contributed by atoms with E-state index in [9.17, 15) is 9.59 Å². The van der Waals surface area contributed by atoms with E-state index >= 15 is 0 Å². The molecule has 5 heteroatoms. The zero-order valence-corrected chi connectivity index (χ0v) is 11.4. The summed E-state index contributed by atoms with van der Waals surface area (Å²) < 4.78 is 5.68. The molecular weight excluding hydrogens is 244 g/mol. The molecule has 0 bridgehead atoms. The predicted molar refractivity (Wildman–Crippen MR) is 69.4 cm³/mol. The fourth-order valence-corrected chi connectivity index (χ4v) is 3.21. The number of nitrogens with one attached hydrogen (secondary N) is 1. The number of likely N-dealkylation sites (tertiary alicyclic amines) is 1. The summed E-state index contributed by atoms with van der Waals surface area (Å²) in [5, 5.41) is 3.02. The molecule has 0 spiro atoms. The van der Waals surface area contributed by atoms with Gasteiger partial charge in [-0.1, -0.05) is 0 Å². The van der Waals surface area contributed by atoms with Crippen LogP contribution in [0.2, 0.25) is 0 Å². The lowest BCUT2D eigenvalue weighted by Crippen LogP contribution is -2.54. The van der Waals surface area contributed by atoms with Gasteiger partial charge in [0.15, 0.2) is 0 Å². The van der Waals surface area contributed by atoms with Crippen molar-refractivity contribution in [2.45, 2.75) is 44.8 Å². The first-order valence-electron chi connectivity index (χ1n) is 7.31. The van der Waals surface area contributed by atoms with E-state index in [1.165, 1.54) is 12.8 Å². The van der Waals surface area contributed by atoms with E-state index in [4.69, 9.17) is 4.74 Å². The maximum absolute atomic E-state index is 12.2. The Morgan fingerprint density at radius 1 is 1.32 bits per heavy atom. The molecule has 2 aliphatic heterocycles. The summed E-state index contributed by atoms with van der Waals surface area (Å²) in [6, 6.07) is 0.185. The second kappa shape index (κ2) is 5.12. The van der Waals surface area contributed by atoms with Crippen LogP contribution in [0, 0.1) is 11.8 Å². The van der Waals surface area contributed by atoms with Gasteiger partial charge >= 0.3 is 0 Å². The summed E-state index contributed by atoms with van der Waals surface area (Å²) in [4.78, 5) is 25.7. The van der Waals surface area contributed by atoms with Crippen molar-refractivity contribution in [3.05, 3.63) is 0 Å². The number of nitrogens with zero attached hydrogens (tertiary/aromatic N) is 1. The van der Waals surface area contributed by atoms with Crippen molar-refractivity contribution in [1.82, 2.24) is 10.2 Å². The van der Waals surface area contributed by atoms with Gasteiger partial charge in [0.05, 0.1) is 18.1 Å². The van der Waals surface area contributed by atoms with E-state index in [0.717, 1.165) is 19.4 Å². The molecule has 0 aromatic heterocycles. The molecule has 3 rings (SSSR count). The molecular formula is C14H22N2O3. The van der Waals surface area contributed by atoms with Crippen LogP contribution in [0.25, 0.3) is 0 Å². The number of carbonyl (C=O) groups excluding carboxylic acids is 2. The van der Waals surface area contributed by atoms with Crippen molar-refractivity contribution in [3.63, 3.8) is 0 Å². The van der Waals surface area contributed by atoms with Crippen molar-refractivity contribution in [3.8, 4) is 0 Å². The van der Waals surface area contributed by atoms with E-state index in [0.29, 0.717) is 19.1 Å². The van der Waals surface area contributed by atoms with Crippen molar-refractivity contribution >= 4 is 11.8 Å². The SMILES string of the molecule is CC(=O)N1C[C@@H](C(=O)NCC2CC2)C[C@H]2OCC[C@H]21.